The Morgan fingerprint density at radius 1 is 1.07 bits per heavy atom. The van der Waals surface area contributed by atoms with E-state index < -0.39 is 25.6 Å². The second kappa shape index (κ2) is 4.31. The average molecular weight is 260 g/mol. The summed E-state index contributed by atoms with van der Waals surface area (Å²) in [5.74, 6) is 0. The first-order valence-corrected chi connectivity index (χ1v) is 4.87. The highest BCUT2D eigenvalue weighted by Crippen LogP contribution is 2.64. The summed E-state index contributed by atoms with van der Waals surface area (Å²) in [5, 5.41) is 0. The third kappa shape index (κ3) is 2.64. The molecule has 0 aromatic rings. The fraction of sp³-hybridized carbons (Fsp3) is 1.00. The molecule has 0 aromatic carbocycles. The molecule has 10 heteroatoms. The topological polar surface area (TPSA) is 35.5 Å². The van der Waals surface area contributed by atoms with Crippen LogP contribution in [0.2, 0.25) is 0 Å². The van der Waals surface area contributed by atoms with Gasteiger partial charge in [-0.3, -0.25) is 4.57 Å². The first-order chi connectivity index (χ1) is 6.53. The Bertz CT molecular complexity index is 256. The summed E-state index contributed by atoms with van der Waals surface area (Å²) >= 11 is 0. The molecule has 0 spiro atoms. The van der Waals surface area contributed by atoms with E-state index in [1.165, 1.54) is 0 Å². The van der Waals surface area contributed by atoms with Crippen LogP contribution in [0.3, 0.4) is 0 Å². The molecule has 1 unspecified atom stereocenters. The molecule has 0 aromatic heterocycles. The molecule has 0 heterocycles. The maximum atomic E-state index is 12.8. The highest BCUT2D eigenvalue weighted by atomic mass is 31.2. The maximum absolute atomic E-state index is 12.8. The van der Waals surface area contributed by atoms with Crippen molar-refractivity contribution in [1.29, 1.82) is 0 Å². The zero-order valence-corrected chi connectivity index (χ0v) is 8.41. The van der Waals surface area contributed by atoms with Gasteiger partial charge in [0.1, 0.15) is 0 Å². The van der Waals surface area contributed by atoms with Gasteiger partial charge >= 0.3 is 19.4 Å². The van der Waals surface area contributed by atoms with Gasteiger partial charge in [0, 0.05) is 14.2 Å². The van der Waals surface area contributed by atoms with Gasteiger partial charge in [-0.15, -0.1) is 0 Å². The van der Waals surface area contributed by atoms with Crippen molar-refractivity contribution in [2.75, 3.05) is 14.2 Å². The van der Waals surface area contributed by atoms with E-state index in [-0.39, 0.29) is 0 Å². The standard InChI is InChI=1S/C5H7F6O3P/c1-13-15(12,14-2)5(10,11)3(6)4(7,8)9/h3H,1-2H3. The van der Waals surface area contributed by atoms with Crippen molar-refractivity contribution in [2.45, 2.75) is 18.0 Å². The number of hydrogen-bond donors (Lipinski definition) is 0. The van der Waals surface area contributed by atoms with E-state index in [0.717, 1.165) is 0 Å². The number of hydrogen-bond acceptors (Lipinski definition) is 3. The number of alkyl halides is 6. The van der Waals surface area contributed by atoms with Crippen LogP contribution in [0.15, 0.2) is 0 Å². The largest absolute Gasteiger partial charge is 0.426 e. The van der Waals surface area contributed by atoms with Gasteiger partial charge in [-0.1, -0.05) is 0 Å². The molecule has 0 bridgehead atoms. The van der Waals surface area contributed by atoms with Crippen LogP contribution < -0.4 is 0 Å². The minimum Gasteiger partial charge on any atom is -0.308 e. The lowest BCUT2D eigenvalue weighted by atomic mass is 10.4. The highest BCUT2D eigenvalue weighted by molar-refractivity contribution is 7.55. The summed E-state index contributed by atoms with van der Waals surface area (Å²) < 4.78 is 91.0. The van der Waals surface area contributed by atoms with Gasteiger partial charge in [0.05, 0.1) is 0 Å². The zero-order chi connectivity index (χ0) is 12.5. The fourth-order valence-electron chi connectivity index (χ4n) is 0.654. The van der Waals surface area contributed by atoms with Crippen LogP contribution in [0.25, 0.3) is 0 Å². The first-order valence-electron chi connectivity index (χ1n) is 3.33. The highest BCUT2D eigenvalue weighted by Gasteiger charge is 2.67. The molecule has 1 atom stereocenters. The second-order valence-corrected chi connectivity index (χ2v) is 4.68. The molecule has 0 aliphatic rings. The van der Waals surface area contributed by atoms with Crippen molar-refractivity contribution in [3.8, 4) is 0 Å². The van der Waals surface area contributed by atoms with E-state index >= 15 is 0 Å². The minimum absolute atomic E-state index is 0.432. The molecule has 15 heavy (non-hydrogen) atoms. The van der Waals surface area contributed by atoms with Crippen molar-refractivity contribution < 1.29 is 40.0 Å². The van der Waals surface area contributed by atoms with Crippen LogP contribution in [-0.4, -0.2) is 32.2 Å². The summed E-state index contributed by atoms with van der Waals surface area (Å²) in [4.78, 5) is 0. The van der Waals surface area contributed by atoms with E-state index in [4.69, 9.17) is 0 Å². The monoisotopic (exact) mass is 260 g/mol. The lowest BCUT2D eigenvalue weighted by Gasteiger charge is -2.27. The van der Waals surface area contributed by atoms with E-state index in [9.17, 15) is 30.9 Å². The van der Waals surface area contributed by atoms with Gasteiger partial charge in [-0.2, -0.15) is 22.0 Å². The Hall–Kier alpha value is -0.270. The molecule has 0 radical (unpaired) electrons. The lowest BCUT2D eigenvalue weighted by molar-refractivity contribution is -0.226. The van der Waals surface area contributed by atoms with Crippen molar-refractivity contribution >= 4 is 7.60 Å². The number of halogens is 6. The first kappa shape index (κ1) is 14.7. The summed E-state index contributed by atoms with van der Waals surface area (Å²) in [5.41, 5.74) is -5.28. The Kier molecular flexibility index (Phi) is 4.23. The molecule has 0 saturated carbocycles. The van der Waals surface area contributed by atoms with Crippen LogP contribution >= 0.6 is 7.60 Å². The van der Waals surface area contributed by atoms with Gasteiger partial charge in [0.15, 0.2) is 0 Å². The number of rotatable bonds is 4. The van der Waals surface area contributed by atoms with Crippen LogP contribution in [0.5, 0.6) is 0 Å². The molecule has 0 aliphatic carbocycles. The Labute approximate surface area is 80.9 Å². The summed E-state index contributed by atoms with van der Waals surface area (Å²) in [6, 6.07) is 0. The maximum Gasteiger partial charge on any atom is 0.426 e. The third-order valence-corrected chi connectivity index (χ3v) is 3.36. The zero-order valence-electron chi connectivity index (χ0n) is 7.52. The predicted molar refractivity (Wildman–Crippen MR) is 37.5 cm³/mol. The summed E-state index contributed by atoms with van der Waals surface area (Å²) in [6.45, 7) is 0. The summed E-state index contributed by atoms with van der Waals surface area (Å²) in [6.07, 6.45) is -10.5. The van der Waals surface area contributed by atoms with Gasteiger partial charge in [-0.25, -0.2) is 4.39 Å². The van der Waals surface area contributed by atoms with Gasteiger partial charge in [0.2, 0.25) is 0 Å². The van der Waals surface area contributed by atoms with Crippen LogP contribution in [0.1, 0.15) is 0 Å². The van der Waals surface area contributed by atoms with Crippen molar-refractivity contribution in [3.63, 3.8) is 0 Å². The SMILES string of the molecule is COP(=O)(OC)C(F)(F)C(F)C(F)(F)F. The second-order valence-electron chi connectivity index (χ2n) is 2.35. The van der Waals surface area contributed by atoms with E-state index in [1.54, 1.807) is 0 Å². The molecule has 92 valence electrons. The van der Waals surface area contributed by atoms with Gasteiger partial charge in [-0.05, 0) is 0 Å². The molecule has 0 fully saturated rings. The lowest BCUT2D eigenvalue weighted by Crippen LogP contribution is -2.42. The minimum atomic E-state index is -5.85. The van der Waals surface area contributed by atoms with Crippen LogP contribution in [-0.2, 0) is 13.6 Å². The fourth-order valence-corrected chi connectivity index (χ4v) is 1.71. The predicted octanol–water partition coefficient (Wildman–Crippen LogP) is 2.97. The molecule has 0 aliphatic heterocycles. The summed E-state index contributed by atoms with van der Waals surface area (Å²) in [7, 11) is -4.60. The molecule has 0 amide bonds. The molecule has 0 saturated heterocycles. The van der Waals surface area contributed by atoms with Crippen LogP contribution in [0.4, 0.5) is 26.3 Å². The molecule has 0 rings (SSSR count). The Balaban J connectivity index is 5.21. The van der Waals surface area contributed by atoms with E-state index in [2.05, 4.69) is 9.05 Å². The van der Waals surface area contributed by atoms with Crippen molar-refractivity contribution in [3.05, 3.63) is 0 Å². The Morgan fingerprint density at radius 2 is 1.40 bits per heavy atom. The molecular weight excluding hydrogens is 253 g/mol. The van der Waals surface area contributed by atoms with Gasteiger partial charge in [0.25, 0.3) is 6.17 Å². The van der Waals surface area contributed by atoms with Crippen molar-refractivity contribution in [2.24, 2.45) is 0 Å². The average Bonchev–Trinajstić information content (AvgIpc) is 2.13. The Morgan fingerprint density at radius 3 is 1.60 bits per heavy atom. The van der Waals surface area contributed by atoms with E-state index in [1.807, 2.05) is 0 Å². The smallest absolute Gasteiger partial charge is 0.308 e. The van der Waals surface area contributed by atoms with Gasteiger partial charge < -0.3 is 9.05 Å². The quantitative estimate of drug-likeness (QED) is 0.575. The van der Waals surface area contributed by atoms with Crippen LogP contribution in [0, 0.1) is 0 Å². The molecule has 0 N–H and O–H groups in total. The van der Waals surface area contributed by atoms with E-state index in [0.29, 0.717) is 14.2 Å². The third-order valence-electron chi connectivity index (χ3n) is 1.44. The molecular formula is C5H7F6O3P. The van der Waals surface area contributed by atoms with Crippen molar-refractivity contribution in [1.82, 2.24) is 0 Å². The normalized spacial score (nSPS) is 16.5. The molecule has 3 nitrogen and oxygen atoms in total.